The summed E-state index contributed by atoms with van der Waals surface area (Å²) in [6.07, 6.45) is 4.61. The maximum Gasteiger partial charge on any atom is 0.177 e. The van der Waals surface area contributed by atoms with Crippen LogP contribution in [0.3, 0.4) is 0 Å². The van der Waals surface area contributed by atoms with Gasteiger partial charge in [-0.3, -0.25) is 10.1 Å². The third-order valence-corrected chi connectivity index (χ3v) is 8.13. The fourth-order valence-corrected chi connectivity index (χ4v) is 6.25. The highest BCUT2D eigenvalue weighted by molar-refractivity contribution is 6.35. The van der Waals surface area contributed by atoms with Crippen molar-refractivity contribution in [1.82, 2.24) is 30.3 Å². The first kappa shape index (κ1) is 20.8. The van der Waals surface area contributed by atoms with E-state index in [4.69, 9.17) is 31.8 Å². The number of nitrogens with one attached hydrogen (secondary N) is 1. The molecule has 35 heavy (non-hydrogen) atoms. The number of pyridine rings is 1. The fraction of sp³-hybridized carbons (Fsp3) is 0.320. The lowest BCUT2D eigenvalue weighted by Crippen LogP contribution is -2.32. The van der Waals surface area contributed by atoms with Gasteiger partial charge in [-0.2, -0.15) is 5.10 Å². The Morgan fingerprint density at radius 1 is 1.23 bits per heavy atom. The molecule has 2 aliphatic rings. The van der Waals surface area contributed by atoms with Gasteiger partial charge in [0.05, 0.1) is 22.4 Å². The van der Waals surface area contributed by atoms with Crippen LogP contribution in [-0.4, -0.2) is 49.9 Å². The van der Waals surface area contributed by atoms with E-state index in [0.717, 1.165) is 64.5 Å². The molecule has 3 unspecified atom stereocenters. The molecule has 3 atom stereocenters. The molecular weight excluding hydrogens is 464 g/mol. The smallest absolute Gasteiger partial charge is 0.177 e. The first-order valence-corrected chi connectivity index (χ1v) is 12.1. The molecule has 10 heteroatoms. The Kier molecular flexibility index (Phi) is 4.43. The Labute approximate surface area is 205 Å². The van der Waals surface area contributed by atoms with Gasteiger partial charge in [-0.25, -0.2) is 9.97 Å². The van der Waals surface area contributed by atoms with Crippen LogP contribution >= 0.6 is 11.6 Å². The number of piperidine rings is 1. The number of benzene rings is 1. The number of aromatic nitrogens is 6. The Morgan fingerprint density at radius 3 is 2.97 bits per heavy atom. The van der Waals surface area contributed by atoms with Crippen LogP contribution < -0.4 is 10.6 Å². The minimum Gasteiger partial charge on any atom is -0.361 e. The van der Waals surface area contributed by atoms with Crippen molar-refractivity contribution in [3.63, 3.8) is 0 Å². The molecule has 0 bridgehead atoms. The third-order valence-electron chi connectivity index (χ3n) is 7.83. The van der Waals surface area contributed by atoms with Crippen LogP contribution in [0.4, 0.5) is 5.82 Å². The van der Waals surface area contributed by atoms with Crippen molar-refractivity contribution >= 4 is 39.5 Å². The summed E-state index contributed by atoms with van der Waals surface area (Å²) >= 11 is 6.36. The van der Waals surface area contributed by atoms with Gasteiger partial charge in [-0.05, 0) is 37.3 Å². The summed E-state index contributed by atoms with van der Waals surface area (Å²) in [5.74, 6) is 2.61. The maximum atomic E-state index is 6.36. The zero-order valence-electron chi connectivity index (χ0n) is 19.1. The van der Waals surface area contributed by atoms with Crippen LogP contribution in [-0.2, 0) is 5.41 Å². The standard InChI is InChI=1S/C25H23ClN8O/c1-13-9-19(33-35-13)25(12-27)16-6-8-34(11-17(16)25)20-10-29-23-22(31-32-24(23)30-20)15-4-5-18(26)21-14(15)3-2-7-28-21/h2-5,7,9-10,16-17H,6,8,11-12,27H2,1H3,(H,30,31,32). The van der Waals surface area contributed by atoms with E-state index in [1.807, 2.05) is 43.5 Å². The first-order valence-electron chi connectivity index (χ1n) is 11.7. The lowest BCUT2D eigenvalue weighted by atomic mass is 9.97. The highest BCUT2D eigenvalue weighted by atomic mass is 35.5. The Balaban J connectivity index is 1.21. The molecule has 1 aromatic carbocycles. The molecule has 1 saturated heterocycles. The molecule has 5 heterocycles. The molecule has 0 spiro atoms. The number of rotatable bonds is 4. The average Bonchev–Trinajstić information content (AvgIpc) is 3.13. The monoisotopic (exact) mass is 486 g/mol. The number of nitrogens with zero attached hydrogens (tertiary/aromatic N) is 6. The molecule has 0 radical (unpaired) electrons. The quantitative estimate of drug-likeness (QED) is 0.392. The number of H-pyrrole nitrogens is 1. The number of aryl methyl sites for hydroxylation is 1. The zero-order chi connectivity index (χ0) is 23.7. The van der Waals surface area contributed by atoms with Crippen molar-refractivity contribution in [2.75, 3.05) is 24.5 Å². The predicted octanol–water partition coefficient (Wildman–Crippen LogP) is 3.87. The van der Waals surface area contributed by atoms with E-state index >= 15 is 0 Å². The summed E-state index contributed by atoms with van der Waals surface area (Å²) in [7, 11) is 0. The molecule has 4 aromatic heterocycles. The topological polar surface area (TPSA) is 123 Å². The number of nitrogens with two attached hydrogens (primary N) is 1. The number of aromatic amines is 1. The molecule has 9 nitrogen and oxygen atoms in total. The second-order valence-corrected chi connectivity index (χ2v) is 9.91. The predicted molar refractivity (Wildman–Crippen MR) is 133 cm³/mol. The second kappa shape index (κ2) is 7.47. The molecule has 7 rings (SSSR count). The number of halogens is 1. The number of anilines is 1. The molecule has 176 valence electrons. The van der Waals surface area contributed by atoms with E-state index in [0.29, 0.717) is 29.1 Å². The van der Waals surface area contributed by atoms with E-state index in [-0.39, 0.29) is 5.41 Å². The van der Waals surface area contributed by atoms with E-state index in [1.165, 1.54) is 0 Å². The van der Waals surface area contributed by atoms with Crippen LogP contribution in [0.1, 0.15) is 17.9 Å². The van der Waals surface area contributed by atoms with Crippen molar-refractivity contribution in [3.05, 3.63) is 59.2 Å². The minimum absolute atomic E-state index is 0.102. The van der Waals surface area contributed by atoms with Crippen molar-refractivity contribution in [2.24, 2.45) is 17.6 Å². The molecule has 1 aliphatic heterocycles. The minimum atomic E-state index is -0.102. The average molecular weight is 487 g/mol. The van der Waals surface area contributed by atoms with Crippen LogP contribution in [0.2, 0.25) is 5.02 Å². The molecule has 5 aromatic rings. The summed E-state index contributed by atoms with van der Waals surface area (Å²) in [6.45, 7) is 4.25. The van der Waals surface area contributed by atoms with Crippen molar-refractivity contribution < 1.29 is 4.52 Å². The van der Waals surface area contributed by atoms with Gasteiger partial charge in [-0.15, -0.1) is 0 Å². The summed E-state index contributed by atoms with van der Waals surface area (Å²) in [5, 5.41) is 13.5. The lowest BCUT2D eigenvalue weighted by Gasteiger charge is -2.26. The van der Waals surface area contributed by atoms with Crippen LogP contribution in [0.25, 0.3) is 33.3 Å². The summed E-state index contributed by atoms with van der Waals surface area (Å²) in [5.41, 5.74) is 10.9. The number of fused-ring (bicyclic) bond motifs is 3. The van der Waals surface area contributed by atoms with E-state index < -0.39 is 0 Å². The third kappa shape index (κ3) is 2.94. The van der Waals surface area contributed by atoms with Gasteiger partial charge in [-0.1, -0.05) is 28.9 Å². The van der Waals surface area contributed by atoms with Crippen molar-refractivity contribution in [3.8, 4) is 11.3 Å². The fourth-order valence-electron chi connectivity index (χ4n) is 6.04. The van der Waals surface area contributed by atoms with Crippen LogP contribution in [0.5, 0.6) is 0 Å². The van der Waals surface area contributed by atoms with Crippen LogP contribution in [0.15, 0.2) is 47.2 Å². The van der Waals surface area contributed by atoms with Crippen LogP contribution in [0, 0.1) is 18.8 Å². The maximum absolute atomic E-state index is 6.36. The zero-order valence-corrected chi connectivity index (χ0v) is 19.8. The molecule has 2 fully saturated rings. The number of hydrogen-bond donors (Lipinski definition) is 2. The highest BCUT2D eigenvalue weighted by Gasteiger charge is 2.67. The lowest BCUT2D eigenvalue weighted by molar-refractivity contribution is 0.379. The van der Waals surface area contributed by atoms with Gasteiger partial charge in [0.1, 0.15) is 22.8 Å². The largest absolute Gasteiger partial charge is 0.361 e. The van der Waals surface area contributed by atoms with Gasteiger partial charge in [0.2, 0.25) is 0 Å². The molecule has 3 N–H and O–H groups in total. The SMILES string of the molecule is Cc1cc(C2(CN)C3CCN(c4cnc5c(-c6ccc(Cl)c7ncccc67)n[nH]c5n4)CC32)no1. The second-order valence-electron chi connectivity index (χ2n) is 9.51. The Morgan fingerprint density at radius 2 is 2.14 bits per heavy atom. The normalized spacial score (nSPS) is 23.7. The van der Waals surface area contributed by atoms with E-state index in [1.54, 1.807) is 6.20 Å². The number of hydrogen-bond acceptors (Lipinski definition) is 8. The van der Waals surface area contributed by atoms with Crippen molar-refractivity contribution in [1.29, 1.82) is 0 Å². The molecule has 1 aliphatic carbocycles. The molecule has 0 amide bonds. The summed E-state index contributed by atoms with van der Waals surface area (Å²) in [6, 6.07) is 9.71. The molecular formula is C25H23ClN8O. The first-order chi connectivity index (χ1) is 17.1. The Bertz CT molecular complexity index is 1600. The van der Waals surface area contributed by atoms with E-state index in [9.17, 15) is 0 Å². The summed E-state index contributed by atoms with van der Waals surface area (Å²) in [4.78, 5) is 16.4. The molecule has 1 saturated carbocycles. The van der Waals surface area contributed by atoms with E-state index in [2.05, 4.69) is 25.2 Å². The van der Waals surface area contributed by atoms with Gasteiger partial charge < -0.3 is 15.2 Å². The van der Waals surface area contributed by atoms with Crippen molar-refractivity contribution in [2.45, 2.75) is 18.8 Å². The Hall–Kier alpha value is -3.56. The summed E-state index contributed by atoms with van der Waals surface area (Å²) < 4.78 is 5.37. The highest BCUT2D eigenvalue weighted by Crippen LogP contribution is 2.62. The van der Waals surface area contributed by atoms with Gasteiger partial charge in [0, 0.05) is 48.3 Å². The van der Waals surface area contributed by atoms with Gasteiger partial charge in [0.15, 0.2) is 5.65 Å². The van der Waals surface area contributed by atoms with Gasteiger partial charge >= 0.3 is 0 Å². The van der Waals surface area contributed by atoms with Gasteiger partial charge in [0.25, 0.3) is 0 Å².